The van der Waals surface area contributed by atoms with Crippen molar-refractivity contribution in [1.82, 2.24) is 20.1 Å². The standard InChI is InChI=1S/C22H26N4O2/c1-3-26-15(2)20(14-24-26)22(27)25-17-6-8-18(9-7-17)28-19-10-11-21-16(13-19)5-4-12-23-21/h4-5,10-14,17-18H,3,6-9H2,1-2H3,(H,25,27). The smallest absolute Gasteiger partial charge is 0.254 e. The maximum absolute atomic E-state index is 12.6. The second kappa shape index (κ2) is 8.00. The third-order valence-corrected chi connectivity index (χ3v) is 5.53. The number of carbonyl (C=O) groups is 1. The quantitative estimate of drug-likeness (QED) is 0.731. The molecule has 0 saturated heterocycles. The zero-order chi connectivity index (χ0) is 19.5. The van der Waals surface area contributed by atoms with Crippen molar-refractivity contribution in [1.29, 1.82) is 0 Å². The molecule has 4 rings (SSSR count). The molecule has 0 radical (unpaired) electrons. The molecular weight excluding hydrogens is 352 g/mol. The molecule has 6 heteroatoms. The van der Waals surface area contributed by atoms with Gasteiger partial charge in [-0.2, -0.15) is 5.10 Å². The molecule has 1 amide bonds. The van der Waals surface area contributed by atoms with Crippen LogP contribution in [0.25, 0.3) is 10.9 Å². The number of pyridine rings is 1. The van der Waals surface area contributed by atoms with Gasteiger partial charge >= 0.3 is 0 Å². The molecule has 2 heterocycles. The molecule has 1 aliphatic rings. The van der Waals surface area contributed by atoms with Gasteiger partial charge in [-0.3, -0.25) is 14.5 Å². The third-order valence-electron chi connectivity index (χ3n) is 5.53. The summed E-state index contributed by atoms with van der Waals surface area (Å²) in [4.78, 5) is 16.9. The molecule has 6 nitrogen and oxygen atoms in total. The van der Waals surface area contributed by atoms with E-state index >= 15 is 0 Å². The maximum Gasteiger partial charge on any atom is 0.254 e. The summed E-state index contributed by atoms with van der Waals surface area (Å²) in [7, 11) is 0. The Labute approximate surface area is 164 Å². The average Bonchev–Trinajstić information content (AvgIpc) is 3.10. The minimum absolute atomic E-state index is 0.0244. The van der Waals surface area contributed by atoms with Crippen LogP contribution in [0, 0.1) is 6.92 Å². The van der Waals surface area contributed by atoms with Gasteiger partial charge in [-0.05, 0) is 63.8 Å². The molecule has 0 unspecified atom stereocenters. The summed E-state index contributed by atoms with van der Waals surface area (Å²) in [5, 5.41) is 8.51. The van der Waals surface area contributed by atoms with Crippen LogP contribution in [-0.4, -0.2) is 32.8 Å². The first-order chi connectivity index (χ1) is 13.6. The molecule has 0 spiro atoms. The van der Waals surface area contributed by atoms with Crippen LogP contribution >= 0.6 is 0 Å². The van der Waals surface area contributed by atoms with Crippen molar-refractivity contribution in [2.45, 2.75) is 58.2 Å². The van der Waals surface area contributed by atoms with Crippen LogP contribution in [0.1, 0.15) is 48.7 Å². The van der Waals surface area contributed by atoms with Crippen molar-refractivity contribution in [3.05, 3.63) is 54.0 Å². The number of nitrogens with zero attached hydrogens (tertiary/aromatic N) is 3. The molecule has 2 aromatic heterocycles. The van der Waals surface area contributed by atoms with Crippen LogP contribution < -0.4 is 10.1 Å². The first-order valence-electron chi connectivity index (χ1n) is 9.98. The van der Waals surface area contributed by atoms with Crippen molar-refractivity contribution in [3.8, 4) is 5.75 Å². The van der Waals surface area contributed by atoms with Crippen molar-refractivity contribution < 1.29 is 9.53 Å². The first-order valence-corrected chi connectivity index (χ1v) is 9.98. The Morgan fingerprint density at radius 3 is 2.82 bits per heavy atom. The minimum atomic E-state index is -0.0244. The van der Waals surface area contributed by atoms with Gasteiger partial charge in [0.15, 0.2) is 0 Å². The second-order valence-corrected chi connectivity index (χ2v) is 7.38. The number of hydrogen-bond donors (Lipinski definition) is 1. The molecule has 0 atom stereocenters. The first kappa shape index (κ1) is 18.5. The van der Waals surface area contributed by atoms with Gasteiger partial charge in [-0.25, -0.2) is 0 Å². The van der Waals surface area contributed by atoms with E-state index in [1.54, 1.807) is 12.4 Å². The molecule has 28 heavy (non-hydrogen) atoms. The number of aryl methyl sites for hydroxylation is 1. The predicted octanol–water partition coefficient (Wildman–Crippen LogP) is 3.88. The van der Waals surface area contributed by atoms with Crippen molar-refractivity contribution >= 4 is 16.8 Å². The molecule has 3 aromatic rings. The fourth-order valence-corrected chi connectivity index (χ4v) is 3.90. The van der Waals surface area contributed by atoms with Crippen LogP contribution in [0.4, 0.5) is 0 Å². The number of aromatic nitrogens is 3. The number of carbonyl (C=O) groups excluding carboxylic acids is 1. The summed E-state index contributed by atoms with van der Waals surface area (Å²) in [5.74, 6) is 0.860. The number of fused-ring (bicyclic) bond motifs is 1. The maximum atomic E-state index is 12.6. The van der Waals surface area contributed by atoms with Gasteiger partial charge in [0.1, 0.15) is 5.75 Å². The number of hydrogen-bond acceptors (Lipinski definition) is 4. The van der Waals surface area contributed by atoms with Crippen LogP contribution in [-0.2, 0) is 6.54 Å². The highest BCUT2D eigenvalue weighted by atomic mass is 16.5. The third kappa shape index (κ3) is 3.86. The van der Waals surface area contributed by atoms with E-state index in [4.69, 9.17) is 4.74 Å². The zero-order valence-corrected chi connectivity index (χ0v) is 16.4. The molecule has 1 N–H and O–H groups in total. The summed E-state index contributed by atoms with van der Waals surface area (Å²) in [6.45, 7) is 4.73. The van der Waals surface area contributed by atoms with E-state index in [0.717, 1.165) is 54.6 Å². The van der Waals surface area contributed by atoms with Crippen LogP contribution in [0.5, 0.6) is 5.75 Å². The zero-order valence-electron chi connectivity index (χ0n) is 16.4. The lowest BCUT2D eigenvalue weighted by Crippen LogP contribution is -2.39. The van der Waals surface area contributed by atoms with Crippen LogP contribution in [0.2, 0.25) is 0 Å². The Balaban J connectivity index is 1.31. The highest BCUT2D eigenvalue weighted by molar-refractivity contribution is 5.95. The van der Waals surface area contributed by atoms with E-state index in [-0.39, 0.29) is 18.1 Å². The van der Waals surface area contributed by atoms with Crippen LogP contribution in [0.3, 0.4) is 0 Å². The van der Waals surface area contributed by atoms with Gasteiger partial charge in [-0.1, -0.05) is 6.07 Å². The molecule has 0 aliphatic heterocycles. The van der Waals surface area contributed by atoms with Gasteiger partial charge < -0.3 is 10.1 Å². The Kier molecular flexibility index (Phi) is 5.28. The number of nitrogens with one attached hydrogen (secondary N) is 1. The normalized spacial score (nSPS) is 19.5. The van der Waals surface area contributed by atoms with Crippen LogP contribution in [0.15, 0.2) is 42.7 Å². The van der Waals surface area contributed by atoms with E-state index < -0.39 is 0 Å². The molecule has 1 fully saturated rings. The average molecular weight is 378 g/mol. The van der Waals surface area contributed by atoms with Gasteiger partial charge in [0.25, 0.3) is 5.91 Å². The predicted molar refractivity (Wildman–Crippen MR) is 109 cm³/mol. The Hall–Kier alpha value is -2.89. The SMILES string of the molecule is CCn1ncc(C(=O)NC2CCC(Oc3ccc4ncccc4c3)CC2)c1C. The highest BCUT2D eigenvalue weighted by Crippen LogP contribution is 2.26. The summed E-state index contributed by atoms with van der Waals surface area (Å²) in [6.07, 6.45) is 7.36. The van der Waals surface area contributed by atoms with E-state index in [1.165, 1.54) is 0 Å². The summed E-state index contributed by atoms with van der Waals surface area (Å²) in [6, 6.07) is 10.2. The van der Waals surface area contributed by atoms with E-state index in [0.29, 0.717) is 5.56 Å². The lowest BCUT2D eigenvalue weighted by Gasteiger charge is -2.29. The Morgan fingerprint density at radius 2 is 2.07 bits per heavy atom. The number of ether oxygens (including phenoxy) is 1. The van der Waals surface area contributed by atoms with E-state index in [1.807, 2.05) is 48.9 Å². The second-order valence-electron chi connectivity index (χ2n) is 7.38. The monoisotopic (exact) mass is 378 g/mol. The molecule has 1 saturated carbocycles. The van der Waals surface area contributed by atoms with Gasteiger partial charge in [0, 0.05) is 29.9 Å². The van der Waals surface area contributed by atoms with E-state index in [2.05, 4.69) is 15.4 Å². The molecule has 1 aromatic carbocycles. The summed E-state index contributed by atoms with van der Waals surface area (Å²) >= 11 is 0. The topological polar surface area (TPSA) is 69.0 Å². The van der Waals surface area contributed by atoms with Gasteiger partial charge in [0.05, 0.1) is 23.4 Å². The van der Waals surface area contributed by atoms with Crippen molar-refractivity contribution in [2.75, 3.05) is 0 Å². The largest absolute Gasteiger partial charge is 0.490 e. The Bertz CT molecular complexity index is 974. The Morgan fingerprint density at radius 1 is 1.25 bits per heavy atom. The van der Waals surface area contributed by atoms with Crippen molar-refractivity contribution in [3.63, 3.8) is 0 Å². The number of rotatable bonds is 5. The lowest BCUT2D eigenvalue weighted by molar-refractivity contribution is 0.0893. The summed E-state index contributed by atoms with van der Waals surface area (Å²) < 4.78 is 8.03. The molecular formula is C22H26N4O2. The highest BCUT2D eigenvalue weighted by Gasteiger charge is 2.25. The number of benzene rings is 1. The molecule has 146 valence electrons. The van der Waals surface area contributed by atoms with Gasteiger partial charge in [-0.15, -0.1) is 0 Å². The van der Waals surface area contributed by atoms with Crippen molar-refractivity contribution in [2.24, 2.45) is 0 Å². The van der Waals surface area contributed by atoms with Gasteiger partial charge in [0.2, 0.25) is 0 Å². The molecule has 0 bridgehead atoms. The van der Waals surface area contributed by atoms with E-state index in [9.17, 15) is 4.79 Å². The minimum Gasteiger partial charge on any atom is -0.490 e. The number of amides is 1. The fourth-order valence-electron chi connectivity index (χ4n) is 3.90. The molecule has 1 aliphatic carbocycles. The lowest BCUT2D eigenvalue weighted by atomic mass is 9.92. The summed E-state index contributed by atoms with van der Waals surface area (Å²) in [5.41, 5.74) is 2.57. The fraction of sp³-hybridized carbons (Fsp3) is 0.409.